The van der Waals surface area contributed by atoms with Gasteiger partial charge in [-0.05, 0) is 61.4 Å². The van der Waals surface area contributed by atoms with E-state index in [0.29, 0.717) is 18.8 Å². The van der Waals surface area contributed by atoms with Crippen molar-refractivity contribution in [3.05, 3.63) is 83.7 Å². The van der Waals surface area contributed by atoms with Gasteiger partial charge in [0.25, 0.3) is 5.91 Å². The lowest BCUT2D eigenvalue weighted by Gasteiger charge is -2.36. The minimum atomic E-state index is -0.00371. The largest absolute Gasteiger partial charge is 0.368 e. The smallest absolute Gasteiger partial charge is 0.272 e. The molecule has 0 aliphatic carbocycles. The molecule has 4 rings (SSSR count). The summed E-state index contributed by atoms with van der Waals surface area (Å²) in [5.41, 5.74) is 6.05. The molecular formula is C24H26N4O. The molecule has 1 fully saturated rings. The van der Waals surface area contributed by atoms with E-state index in [9.17, 15) is 4.79 Å². The molecule has 5 heteroatoms. The van der Waals surface area contributed by atoms with Crippen LogP contribution < -0.4 is 10.2 Å². The quantitative estimate of drug-likeness (QED) is 0.722. The number of benzene rings is 2. The molecule has 0 radical (unpaired) electrons. The first-order valence-corrected chi connectivity index (χ1v) is 9.99. The van der Waals surface area contributed by atoms with Crippen LogP contribution in [0.2, 0.25) is 0 Å². The van der Waals surface area contributed by atoms with E-state index in [2.05, 4.69) is 65.4 Å². The van der Waals surface area contributed by atoms with Crippen LogP contribution in [0.4, 0.5) is 17.1 Å². The van der Waals surface area contributed by atoms with Gasteiger partial charge < -0.3 is 15.1 Å². The monoisotopic (exact) mass is 386 g/mol. The average molecular weight is 386 g/mol. The Morgan fingerprint density at radius 1 is 0.862 bits per heavy atom. The van der Waals surface area contributed by atoms with Crippen LogP contribution in [-0.4, -0.2) is 42.0 Å². The van der Waals surface area contributed by atoms with Gasteiger partial charge in [0.1, 0.15) is 5.69 Å². The zero-order valence-electron chi connectivity index (χ0n) is 16.9. The molecule has 0 unspecified atom stereocenters. The van der Waals surface area contributed by atoms with Crippen LogP contribution in [0.25, 0.3) is 0 Å². The molecule has 2 heterocycles. The van der Waals surface area contributed by atoms with Crippen molar-refractivity contribution in [1.82, 2.24) is 9.88 Å². The number of amides is 1. The molecule has 29 heavy (non-hydrogen) atoms. The normalized spacial score (nSPS) is 14.0. The van der Waals surface area contributed by atoms with Crippen molar-refractivity contribution in [1.29, 1.82) is 0 Å². The van der Waals surface area contributed by atoms with Crippen LogP contribution >= 0.6 is 0 Å². The van der Waals surface area contributed by atoms with E-state index in [0.717, 1.165) is 24.5 Å². The molecule has 148 valence electrons. The Kier molecular flexibility index (Phi) is 5.47. The van der Waals surface area contributed by atoms with E-state index in [1.54, 1.807) is 12.3 Å². The molecule has 0 spiro atoms. The summed E-state index contributed by atoms with van der Waals surface area (Å²) in [7, 11) is 0. The number of carbonyl (C=O) groups is 1. The van der Waals surface area contributed by atoms with E-state index < -0.39 is 0 Å². The lowest BCUT2D eigenvalue weighted by atomic mass is 10.2. The molecule has 1 amide bonds. The van der Waals surface area contributed by atoms with E-state index in [4.69, 9.17) is 0 Å². The number of hydrogen-bond donors (Lipinski definition) is 1. The standard InChI is InChI=1S/C24H26N4O/c1-18-5-3-7-20(15-18)26-21-9-10-23(25-17-21)24(29)28-13-11-27(12-14-28)22-8-4-6-19(2)16-22/h3-10,15-17,26H,11-14H2,1-2H3. The van der Waals surface area contributed by atoms with Crippen LogP contribution in [0.15, 0.2) is 66.9 Å². The van der Waals surface area contributed by atoms with Crippen molar-refractivity contribution < 1.29 is 4.79 Å². The number of nitrogens with one attached hydrogen (secondary N) is 1. The minimum absolute atomic E-state index is 0.00371. The molecule has 1 saturated heterocycles. The van der Waals surface area contributed by atoms with E-state index in [-0.39, 0.29) is 5.91 Å². The third kappa shape index (κ3) is 4.57. The molecule has 0 atom stereocenters. The Balaban J connectivity index is 1.36. The maximum atomic E-state index is 12.8. The lowest BCUT2D eigenvalue weighted by molar-refractivity contribution is 0.0741. The van der Waals surface area contributed by atoms with Crippen molar-refractivity contribution in [2.75, 3.05) is 36.4 Å². The highest BCUT2D eigenvalue weighted by Gasteiger charge is 2.23. The number of pyridine rings is 1. The van der Waals surface area contributed by atoms with Gasteiger partial charge in [0.15, 0.2) is 0 Å². The fraction of sp³-hybridized carbons (Fsp3) is 0.250. The highest BCUT2D eigenvalue weighted by Crippen LogP contribution is 2.20. The maximum absolute atomic E-state index is 12.8. The number of piperazine rings is 1. The molecule has 5 nitrogen and oxygen atoms in total. The van der Waals surface area contributed by atoms with Crippen molar-refractivity contribution in [2.45, 2.75) is 13.8 Å². The van der Waals surface area contributed by atoms with Gasteiger partial charge in [0.2, 0.25) is 0 Å². The van der Waals surface area contributed by atoms with Crippen molar-refractivity contribution in [3.63, 3.8) is 0 Å². The Bertz CT molecular complexity index is 992. The summed E-state index contributed by atoms with van der Waals surface area (Å²) in [6, 6.07) is 20.4. The van der Waals surface area contributed by atoms with Crippen LogP contribution in [0, 0.1) is 13.8 Å². The summed E-state index contributed by atoms with van der Waals surface area (Å²) in [5, 5.41) is 3.32. The summed E-state index contributed by atoms with van der Waals surface area (Å²) in [6.45, 7) is 7.25. The van der Waals surface area contributed by atoms with Gasteiger partial charge in [-0.2, -0.15) is 0 Å². The number of anilines is 3. The van der Waals surface area contributed by atoms with E-state index >= 15 is 0 Å². The second-order valence-corrected chi connectivity index (χ2v) is 7.54. The number of carbonyl (C=O) groups excluding carboxylic acids is 1. The molecule has 1 aromatic heterocycles. The van der Waals surface area contributed by atoms with Crippen molar-refractivity contribution in [3.8, 4) is 0 Å². The average Bonchev–Trinajstić information content (AvgIpc) is 2.74. The third-order valence-electron chi connectivity index (χ3n) is 5.22. The van der Waals surface area contributed by atoms with Gasteiger partial charge in [-0.3, -0.25) is 4.79 Å². The summed E-state index contributed by atoms with van der Waals surface area (Å²) >= 11 is 0. The van der Waals surface area contributed by atoms with Gasteiger partial charge in [-0.25, -0.2) is 4.98 Å². The first-order valence-electron chi connectivity index (χ1n) is 9.99. The zero-order chi connectivity index (χ0) is 20.2. The molecule has 0 saturated carbocycles. The second kappa shape index (κ2) is 8.35. The Morgan fingerprint density at radius 2 is 1.59 bits per heavy atom. The molecule has 1 N–H and O–H groups in total. The summed E-state index contributed by atoms with van der Waals surface area (Å²) in [5.74, 6) is -0.00371. The van der Waals surface area contributed by atoms with Crippen LogP contribution in [-0.2, 0) is 0 Å². The Morgan fingerprint density at radius 3 is 2.24 bits per heavy atom. The fourth-order valence-corrected chi connectivity index (χ4v) is 3.64. The maximum Gasteiger partial charge on any atom is 0.272 e. The third-order valence-corrected chi connectivity index (χ3v) is 5.22. The van der Waals surface area contributed by atoms with Crippen LogP contribution in [0.5, 0.6) is 0 Å². The van der Waals surface area contributed by atoms with E-state index in [1.165, 1.54) is 16.8 Å². The summed E-state index contributed by atoms with van der Waals surface area (Å²) in [4.78, 5) is 21.5. The highest BCUT2D eigenvalue weighted by molar-refractivity contribution is 5.92. The zero-order valence-corrected chi connectivity index (χ0v) is 16.9. The fourth-order valence-electron chi connectivity index (χ4n) is 3.64. The van der Waals surface area contributed by atoms with E-state index in [1.807, 2.05) is 23.1 Å². The molecule has 1 aliphatic rings. The van der Waals surface area contributed by atoms with Gasteiger partial charge in [-0.1, -0.05) is 24.3 Å². The SMILES string of the molecule is Cc1cccc(Nc2ccc(C(=O)N3CCN(c4cccc(C)c4)CC3)nc2)c1. The van der Waals surface area contributed by atoms with Gasteiger partial charge in [0, 0.05) is 37.6 Å². The van der Waals surface area contributed by atoms with Crippen molar-refractivity contribution >= 4 is 23.0 Å². The number of hydrogen-bond acceptors (Lipinski definition) is 4. The number of aromatic nitrogens is 1. The predicted octanol–water partition coefficient (Wildman–Crippen LogP) is 4.40. The summed E-state index contributed by atoms with van der Waals surface area (Å²) < 4.78 is 0. The highest BCUT2D eigenvalue weighted by atomic mass is 16.2. The van der Waals surface area contributed by atoms with Gasteiger partial charge in [0.05, 0.1) is 11.9 Å². The topological polar surface area (TPSA) is 48.5 Å². The summed E-state index contributed by atoms with van der Waals surface area (Å²) in [6.07, 6.45) is 1.72. The van der Waals surface area contributed by atoms with Crippen LogP contribution in [0.1, 0.15) is 21.6 Å². The number of aryl methyl sites for hydroxylation is 2. The van der Waals surface area contributed by atoms with Gasteiger partial charge in [-0.15, -0.1) is 0 Å². The van der Waals surface area contributed by atoms with Crippen molar-refractivity contribution in [2.24, 2.45) is 0 Å². The molecule has 3 aromatic rings. The molecule has 2 aromatic carbocycles. The van der Waals surface area contributed by atoms with Gasteiger partial charge >= 0.3 is 0 Å². The number of nitrogens with zero attached hydrogens (tertiary/aromatic N) is 3. The lowest BCUT2D eigenvalue weighted by Crippen LogP contribution is -2.49. The Labute approximate surface area is 172 Å². The first-order chi connectivity index (χ1) is 14.1. The molecule has 1 aliphatic heterocycles. The van der Waals surface area contributed by atoms with Crippen LogP contribution in [0.3, 0.4) is 0 Å². The molecule has 0 bridgehead atoms. The molecular weight excluding hydrogens is 360 g/mol. The number of rotatable bonds is 4. The minimum Gasteiger partial charge on any atom is -0.368 e. The first kappa shape index (κ1) is 19.0. The second-order valence-electron chi connectivity index (χ2n) is 7.54. The predicted molar refractivity (Wildman–Crippen MR) is 118 cm³/mol. The Hall–Kier alpha value is -3.34.